The first-order valence-corrected chi connectivity index (χ1v) is 12.8. The van der Waals surface area contributed by atoms with Crippen molar-refractivity contribution in [2.75, 3.05) is 26.8 Å². The second-order valence-electron chi connectivity index (χ2n) is 8.82. The molecule has 0 spiro atoms. The molecular formula is C29H40N4O2. The lowest BCUT2D eigenvalue weighted by atomic mass is 9.82. The molecule has 6 heteroatoms. The van der Waals surface area contributed by atoms with Crippen LogP contribution < -0.4 is 10.6 Å². The van der Waals surface area contributed by atoms with Gasteiger partial charge in [0.2, 0.25) is 0 Å². The average molecular weight is 477 g/mol. The zero-order valence-corrected chi connectivity index (χ0v) is 21.6. The predicted octanol–water partition coefficient (Wildman–Crippen LogP) is 5.08. The van der Waals surface area contributed by atoms with Crippen LogP contribution in [-0.4, -0.2) is 49.4 Å². The molecule has 1 unspecified atom stereocenters. The van der Waals surface area contributed by atoms with Gasteiger partial charge in [-0.1, -0.05) is 57.2 Å². The summed E-state index contributed by atoms with van der Waals surface area (Å²) in [6, 6.07) is 0. The van der Waals surface area contributed by atoms with E-state index in [0.29, 0.717) is 25.3 Å². The van der Waals surface area contributed by atoms with Crippen LogP contribution in [0.5, 0.6) is 0 Å². The monoisotopic (exact) mass is 476 g/mol. The Morgan fingerprint density at radius 3 is 2.83 bits per heavy atom. The smallest absolute Gasteiger partial charge is 0.251 e. The maximum absolute atomic E-state index is 13.2. The van der Waals surface area contributed by atoms with Gasteiger partial charge in [0.05, 0.1) is 30.1 Å². The van der Waals surface area contributed by atoms with Crippen molar-refractivity contribution in [1.29, 1.82) is 0 Å². The van der Waals surface area contributed by atoms with E-state index in [2.05, 4.69) is 71.8 Å². The van der Waals surface area contributed by atoms with Gasteiger partial charge >= 0.3 is 0 Å². The fourth-order valence-electron chi connectivity index (χ4n) is 4.68. The molecule has 1 saturated heterocycles. The van der Waals surface area contributed by atoms with E-state index in [1.807, 2.05) is 24.3 Å². The van der Waals surface area contributed by atoms with Crippen molar-refractivity contribution >= 4 is 12.1 Å². The van der Waals surface area contributed by atoms with E-state index in [-0.39, 0.29) is 11.4 Å². The Kier molecular flexibility index (Phi) is 9.91. The molecule has 1 fully saturated rings. The highest BCUT2D eigenvalue weighted by atomic mass is 16.5. The molecule has 188 valence electrons. The van der Waals surface area contributed by atoms with Gasteiger partial charge in [0.15, 0.2) is 0 Å². The number of hydrogen-bond acceptors (Lipinski definition) is 5. The van der Waals surface area contributed by atoms with Crippen LogP contribution in [0.1, 0.15) is 52.9 Å². The van der Waals surface area contributed by atoms with E-state index in [1.54, 1.807) is 13.3 Å². The number of carbonyl (C=O) groups is 1. The lowest BCUT2D eigenvalue weighted by molar-refractivity contribution is -0.117. The summed E-state index contributed by atoms with van der Waals surface area (Å²) in [5.74, 6) is -0.0513. The molecule has 3 heterocycles. The molecule has 0 aromatic heterocycles. The highest BCUT2D eigenvalue weighted by molar-refractivity contribution is 5.98. The zero-order valence-electron chi connectivity index (χ0n) is 21.6. The van der Waals surface area contributed by atoms with Gasteiger partial charge in [-0.15, -0.1) is 0 Å². The number of amides is 1. The number of carbonyl (C=O) groups excluding carboxylic acids is 1. The van der Waals surface area contributed by atoms with Gasteiger partial charge in [-0.25, -0.2) is 0 Å². The van der Waals surface area contributed by atoms with Crippen molar-refractivity contribution in [2.24, 2.45) is 4.99 Å². The van der Waals surface area contributed by atoms with Gasteiger partial charge in [-0.2, -0.15) is 0 Å². The molecule has 0 aromatic carbocycles. The number of hydrogen-bond donors (Lipinski definition) is 2. The molecule has 0 bridgehead atoms. The zero-order chi connectivity index (χ0) is 25.1. The van der Waals surface area contributed by atoms with Gasteiger partial charge in [-0.05, 0) is 49.8 Å². The number of nitrogens with one attached hydrogen (secondary N) is 2. The fourth-order valence-corrected chi connectivity index (χ4v) is 4.68. The van der Waals surface area contributed by atoms with Crippen molar-refractivity contribution in [1.82, 2.24) is 15.5 Å². The van der Waals surface area contributed by atoms with E-state index < -0.39 is 0 Å². The number of fused-ring (bicyclic) bond motifs is 1. The van der Waals surface area contributed by atoms with Crippen molar-refractivity contribution in [2.45, 2.75) is 58.4 Å². The summed E-state index contributed by atoms with van der Waals surface area (Å²) < 4.78 is 5.36. The molecule has 1 amide bonds. The Hall–Kier alpha value is -3.12. The summed E-state index contributed by atoms with van der Waals surface area (Å²) in [5.41, 5.74) is 4.83. The lowest BCUT2D eigenvalue weighted by Crippen LogP contribution is -2.56. The number of methoxy groups -OCH3 is 1. The lowest BCUT2D eigenvalue weighted by Gasteiger charge is -2.49. The third-order valence-electron chi connectivity index (χ3n) is 6.51. The molecule has 3 aliphatic heterocycles. The molecule has 3 aliphatic rings. The second-order valence-corrected chi connectivity index (χ2v) is 8.82. The molecular weight excluding hydrogens is 436 g/mol. The van der Waals surface area contributed by atoms with Crippen molar-refractivity contribution in [3.63, 3.8) is 0 Å². The Morgan fingerprint density at radius 2 is 2.14 bits per heavy atom. The summed E-state index contributed by atoms with van der Waals surface area (Å²) in [5, 5.41) is 7.04. The molecule has 3 rings (SSSR count). The molecule has 1 atom stereocenters. The van der Waals surface area contributed by atoms with Gasteiger partial charge in [0.25, 0.3) is 5.91 Å². The first-order valence-electron chi connectivity index (χ1n) is 12.8. The topological polar surface area (TPSA) is 66.0 Å². The molecule has 0 aliphatic carbocycles. The van der Waals surface area contributed by atoms with E-state index in [9.17, 15) is 4.79 Å². The Bertz CT molecular complexity index is 1010. The predicted molar refractivity (Wildman–Crippen MR) is 145 cm³/mol. The van der Waals surface area contributed by atoms with Crippen LogP contribution in [0.25, 0.3) is 0 Å². The van der Waals surface area contributed by atoms with E-state index in [1.165, 1.54) is 5.70 Å². The Balaban J connectivity index is 1.83. The van der Waals surface area contributed by atoms with Gasteiger partial charge in [0.1, 0.15) is 0 Å². The number of allylic oxidation sites excluding steroid dienone is 5. The largest absolute Gasteiger partial charge is 0.381 e. The first-order chi connectivity index (χ1) is 17.1. The highest BCUT2D eigenvalue weighted by Crippen LogP contribution is 2.40. The number of dihydropyridines is 1. The Labute approximate surface area is 210 Å². The molecule has 6 nitrogen and oxygen atoms in total. The number of aliphatic imine (C=N–C) groups is 1. The summed E-state index contributed by atoms with van der Waals surface area (Å²) in [6.45, 7) is 8.05. The van der Waals surface area contributed by atoms with E-state index in [4.69, 9.17) is 4.74 Å². The van der Waals surface area contributed by atoms with Crippen LogP contribution in [0.15, 0.2) is 88.0 Å². The number of piperazine rings is 1. The third kappa shape index (κ3) is 6.31. The summed E-state index contributed by atoms with van der Waals surface area (Å²) in [4.78, 5) is 19.8. The second kappa shape index (κ2) is 13.1. The molecule has 2 N–H and O–H groups in total. The number of ether oxygens (including phenoxy) is 1. The summed E-state index contributed by atoms with van der Waals surface area (Å²) in [6.07, 6.45) is 25.0. The van der Waals surface area contributed by atoms with Crippen LogP contribution in [0.3, 0.4) is 0 Å². The third-order valence-corrected chi connectivity index (χ3v) is 6.51. The quantitative estimate of drug-likeness (QED) is 0.432. The van der Waals surface area contributed by atoms with Crippen LogP contribution >= 0.6 is 0 Å². The minimum absolute atomic E-state index is 0.0513. The fraction of sp³-hybridized carbons (Fsp3) is 0.448. The normalized spacial score (nSPS) is 25.1. The molecule has 0 saturated carbocycles. The van der Waals surface area contributed by atoms with E-state index >= 15 is 0 Å². The number of rotatable bonds is 10. The van der Waals surface area contributed by atoms with Gasteiger partial charge < -0.3 is 20.3 Å². The maximum atomic E-state index is 13.2. The van der Waals surface area contributed by atoms with Crippen LogP contribution in [-0.2, 0) is 9.53 Å². The van der Waals surface area contributed by atoms with Crippen LogP contribution in [0.4, 0.5) is 0 Å². The number of nitrogens with zero attached hydrogens (tertiary/aromatic N) is 2. The van der Waals surface area contributed by atoms with Gasteiger partial charge in [0, 0.05) is 37.3 Å². The van der Waals surface area contributed by atoms with Crippen LogP contribution in [0, 0.1) is 0 Å². The first kappa shape index (κ1) is 26.5. The minimum atomic E-state index is -0.287. The SMILES string of the molecule is CC/C=C\C(C(=O)NCCC1(CC)NC(=C/COC)/C(=C\CC)N2C=CCC=C21)=C1\C=CC=NC1. The van der Waals surface area contributed by atoms with Crippen molar-refractivity contribution in [3.8, 4) is 0 Å². The standard InChI is InChI=1S/C29H40N4O2/c1-5-8-14-24(23-13-11-18-30-22-23)28(34)31-19-17-29(7-3)27-15-9-10-20-33(27)26(12-6-2)25(32-29)16-21-35-4/h8,10-16,18,20,32H,5-7,9,17,19,21-22H2,1-4H3,(H,31,34)/b14-8-,24-23+,25-16+,26-12+. The summed E-state index contributed by atoms with van der Waals surface area (Å²) >= 11 is 0. The molecule has 0 aromatic rings. The minimum Gasteiger partial charge on any atom is -0.381 e. The molecule has 0 radical (unpaired) electrons. The Morgan fingerprint density at radius 1 is 1.29 bits per heavy atom. The average Bonchev–Trinajstić information content (AvgIpc) is 2.90. The summed E-state index contributed by atoms with van der Waals surface area (Å²) in [7, 11) is 1.71. The van der Waals surface area contributed by atoms with Gasteiger partial charge in [-0.3, -0.25) is 9.79 Å². The maximum Gasteiger partial charge on any atom is 0.251 e. The van der Waals surface area contributed by atoms with Crippen molar-refractivity contribution < 1.29 is 9.53 Å². The van der Waals surface area contributed by atoms with Crippen LogP contribution in [0.2, 0.25) is 0 Å². The van der Waals surface area contributed by atoms with Crippen molar-refractivity contribution in [3.05, 3.63) is 83.0 Å². The van der Waals surface area contributed by atoms with E-state index in [0.717, 1.165) is 49.1 Å². The molecule has 35 heavy (non-hydrogen) atoms. The highest BCUT2D eigenvalue weighted by Gasteiger charge is 2.42.